The monoisotopic (exact) mass is 273 g/mol. The van der Waals surface area contributed by atoms with Crippen molar-refractivity contribution in [2.24, 2.45) is 5.73 Å². The first-order chi connectivity index (χ1) is 8.38. The third-order valence-corrected chi connectivity index (χ3v) is 2.97. The molecule has 18 heavy (non-hydrogen) atoms. The van der Waals surface area contributed by atoms with Crippen molar-refractivity contribution in [1.29, 1.82) is 0 Å². The third kappa shape index (κ3) is 5.76. The second kappa shape index (κ2) is 6.48. The van der Waals surface area contributed by atoms with Crippen LogP contribution in [0.1, 0.15) is 12.0 Å². The van der Waals surface area contributed by atoms with E-state index in [1.807, 2.05) is 6.07 Å². The predicted molar refractivity (Wildman–Crippen MR) is 65.2 cm³/mol. The molecule has 0 spiro atoms. The Hall–Kier alpha value is -1.44. The Morgan fingerprint density at radius 1 is 1.33 bits per heavy atom. The quantitative estimate of drug-likeness (QED) is 0.571. The van der Waals surface area contributed by atoms with Gasteiger partial charge in [0.05, 0.1) is 5.75 Å². The van der Waals surface area contributed by atoms with Crippen molar-refractivity contribution in [3.05, 3.63) is 35.9 Å². The SMILES string of the molecule is NC(CCS(=O)(=O)O)C(=O)OCc1ccccc1. The maximum atomic E-state index is 11.4. The van der Waals surface area contributed by atoms with Gasteiger partial charge in [0.1, 0.15) is 12.6 Å². The van der Waals surface area contributed by atoms with Gasteiger partial charge in [-0.15, -0.1) is 0 Å². The van der Waals surface area contributed by atoms with Crippen LogP contribution in [0.2, 0.25) is 0 Å². The molecule has 3 N–H and O–H groups in total. The van der Waals surface area contributed by atoms with E-state index in [9.17, 15) is 13.2 Å². The van der Waals surface area contributed by atoms with E-state index >= 15 is 0 Å². The van der Waals surface area contributed by atoms with Crippen LogP contribution in [0, 0.1) is 0 Å². The van der Waals surface area contributed by atoms with Crippen molar-refractivity contribution in [1.82, 2.24) is 0 Å². The van der Waals surface area contributed by atoms with Crippen molar-refractivity contribution < 1.29 is 22.5 Å². The van der Waals surface area contributed by atoms with E-state index in [-0.39, 0.29) is 13.0 Å². The molecule has 0 saturated heterocycles. The maximum absolute atomic E-state index is 11.4. The van der Waals surface area contributed by atoms with Crippen LogP contribution in [-0.4, -0.2) is 30.7 Å². The van der Waals surface area contributed by atoms with Gasteiger partial charge >= 0.3 is 5.97 Å². The van der Waals surface area contributed by atoms with E-state index in [1.165, 1.54) is 0 Å². The smallest absolute Gasteiger partial charge is 0.323 e. The van der Waals surface area contributed by atoms with Gasteiger partial charge in [-0.05, 0) is 12.0 Å². The van der Waals surface area contributed by atoms with Crippen LogP contribution in [0.25, 0.3) is 0 Å². The number of rotatable bonds is 6. The minimum absolute atomic E-state index is 0.0826. The summed E-state index contributed by atoms with van der Waals surface area (Å²) in [4.78, 5) is 11.4. The van der Waals surface area contributed by atoms with Crippen molar-refractivity contribution >= 4 is 16.1 Å². The minimum atomic E-state index is -4.11. The van der Waals surface area contributed by atoms with Crippen molar-refractivity contribution in [2.45, 2.75) is 19.1 Å². The third-order valence-electron chi connectivity index (χ3n) is 2.21. The lowest BCUT2D eigenvalue weighted by molar-refractivity contribution is -0.146. The summed E-state index contributed by atoms with van der Waals surface area (Å²) >= 11 is 0. The van der Waals surface area contributed by atoms with Gasteiger partial charge in [0, 0.05) is 0 Å². The number of ether oxygens (including phenoxy) is 1. The second-order valence-electron chi connectivity index (χ2n) is 3.77. The molecular formula is C11H15NO5S. The van der Waals surface area contributed by atoms with Crippen molar-refractivity contribution in [3.63, 3.8) is 0 Å². The van der Waals surface area contributed by atoms with Gasteiger partial charge in [0.15, 0.2) is 0 Å². The zero-order chi connectivity index (χ0) is 13.6. The Bertz CT molecular complexity index is 485. The van der Waals surface area contributed by atoms with E-state index in [0.717, 1.165) is 5.56 Å². The normalized spacial score (nSPS) is 13.0. The Kier molecular flexibility index (Phi) is 5.26. The van der Waals surface area contributed by atoms with Gasteiger partial charge in [-0.3, -0.25) is 9.35 Å². The molecule has 7 heteroatoms. The van der Waals surface area contributed by atoms with E-state index in [4.69, 9.17) is 15.0 Å². The molecule has 100 valence electrons. The van der Waals surface area contributed by atoms with E-state index in [0.29, 0.717) is 0 Å². The van der Waals surface area contributed by atoms with Crippen LogP contribution >= 0.6 is 0 Å². The Morgan fingerprint density at radius 2 is 1.94 bits per heavy atom. The summed E-state index contributed by atoms with van der Waals surface area (Å²) in [6, 6.07) is 7.97. The molecule has 6 nitrogen and oxygen atoms in total. The fourth-order valence-electron chi connectivity index (χ4n) is 1.23. The highest BCUT2D eigenvalue weighted by atomic mass is 32.2. The average Bonchev–Trinajstić information content (AvgIpc) is 2.33. The maximum Gasteiger partial charge on any atom is 0.323 e. The summed E-state index contributed by atoms with van der Waals surface area (Å²) in [6.45, 7) is 0.0826. The number of hydrogen-bond donors (Lipinski definition) is 2. The van der Waals surface area contributed by atoms with Gasteiger partial charge in [0.2, 0.25) is 0 Å². The van der Waals surface area contributed by atoms with Gasteiger partial charge < -0.3 is 10.5 Å². The highest BCUT2D eigenvalue weighted by molar-refractivity contribution is 7.85. The van der Waals surface area contributed by atoms with Crippen LogP contribution in [0.4, 0.5) is 0 Å². The fraction of sp³-hybridized carbons (Fsp3) is 0.364. The van der Waals surface area contributed by atoms with Crippen molar-refractivity contribution in [2.75, 3.05) is 5.75 Å². The summed E-state index contributed by atoms with van der Waals surface area (Å²) < 4.78 is 34.4. The van der Waals surface area contributed by atoms with E-state index < -0.39 is 27.9 Å². The van der Waals surface area contributed by atoms with Gasteiger partial charge in [-0.25, -0.2) is 0 Å². The van der Waals surface area contributed by atoms with Crippen LogP contribution in [0.15, 0.2) is 30.3 Å². The standard InChI is InChI=1S/C11H15NO5S/c12-10(6-7-18(14,15)16)11(13)17-8-9-4-2-1-3-5-9/h1-5,10H,6-8,12H2,(H,14,15,16). The van der Waals surface area contributed by atoms with Crippen LogP contribution in [0.5, 0.6) is 0 Å². The second-order valence-corrected chi connectivity index (χ2v) is 5.35. The highest BCUT2D eigenvalue weighted by Crippen LogP contribution is 2.03. The molecule has 0 fully saturated rings. The summed E-state index contributed by atoms with van der Waals surface area (Å²) in [5, 5.41) is 0. The van der Waals surface area contributed by atoms with Gasteiger partial charge in [-0.2, -0.15) is 8.42 Å². The zero-order valence-electron chi connectivity index (χ0n) is 9.65. The number of nitrogens with two attached hydrogens (primary N) is 1. The molecule has 0 amide bonds. The molecule has 1 unspecified atom stereocenters. The van der Waals surface area contributed by atoms with Gasteiger partial charge in [-0.1, -0.05) is 30.3 Å². The average molecular weight is 273 g/mol. The first-order valence-corrected chi connectivity index (χ1v) is 6.91. The summed E-state index contributed by atoms with van der Waals surface area (Å²) in [5.74, 6) is -1.25. The molecule has 0 aliphatic carbocycles. The topological polar surface area (TPSA) is 107 Å². The molecule has 0 aliphatic heterocycles. The molecule has 1 aromatic rings. The number of carbonyl (C=O) groups is 1. The molecule has 0 radical (unpaired) electrons. The first-order valence-electron chi connectivity index (χ1n) is 5.30. The summed E-state index contributed by atoms with van der Waals surface area (Å²) in [6.07, 6.45) is -0.174. The lowest BCUT2D eigenvalue weighted by Crippen LogP contribution is -2.34. The molecule has 0 aromatic heterocycles. The number of esters is 1. The molecule has 0 aliphatic rings. The lowest BCUT2D eigenvalue weighted by atomic mass is 10.2. The number of benzene rings is 1. The number of hydrogen-bond acceptors (Lipinski definition) is 5. The molecule has 0 saturated carbocycles. The summed E-state index contributed by atoms with van der Waals surface area (Å²) in [5.41, 5.74) is 6.25. The van der Waals surface area contributed by atoms with Crippen molar-refractivity contribution in [3.8, 4) is 0 Å². The van der Waals surface area contributed by atoms with E-state index in [1.54, 1.807) is 24.3 Å². The zero-order valence-corrected chi connectivity index (χ0v) is 10.5. The van der Waals surface area contributed by atoms with Crippen LogP contribution < -0.4 is 5.73 Å². The lowest BCUT2D eigenvalue weighted by Gasteiger charge is -2.10. The van der Waals surface area contributed by atoms with Crippen LogP contribution in [0.3, 0.4) is 0 Å². The molecule has 0 heterocycles. The van der Waals surface area contributed by atoms with Crippen LogP contribution in [-0.2, 0) is 26.3 Å². The fourth-order valence-corrected chi connectivity index (χ4v) is 1.78. The van der Waals surface area contributed by atoms with E-state index in [2.05, 4.69) is 0 Å². The van der Waals surface area contributed by atoms with Gasteiger partial charge in [0.25, 0.3) is 10.1 Å². The number of carbonyl (C=O) groups excluding carboxylic acids is 1. The first kappa shape index (κ1) is 14.6. The molecule has 0 bridgehead atoms. The Morgan fingerprint density at radius 3 is 2.50 bits per heavy atom. The highest BCUT2D eigenvalue weighted by Gasteiger charge is 2.18. The molecule has 1 atom stereocenters. The Balaban J connectivity index is 2.37. The molecule has 1 rings (SSSR count). The Labute approximate surface area is 105 Å². The molecule has 1 aromatic carbocycles. The summed E-state index contributed by atoms with van der Waals surface area (Å²) in [7, 11) is -4.11. The largest absolute Gasteiger partial charge is 0.460 e. The molecular weight excluding hydrogens is 258 g/mol. The predicted octanol–water partition coefficient (Wildman–Crippen LogP) is 0.335. The minimum Gasteiger partial charge on any atom is -0.460 e.